The van der Waals surface area contributed by atoms with Gasteiger partial charge in [-0.05, 0) is 13.8 Å². The normalized spacial score (nSPS) is 30.5. The molecule has 0 radical (unpaired) electrons. The van der Waals surface area contributed by atoms with E-state index in [0.29, 0.717) is 12.1 Å². The number of hydrogen-bond donors (Lipinski definition) is 1. The Bertz CT molecular complexity index is 82.6. The van der Waals surface area contributed by atoms with E-state index in [1.807, 2.05) is 0 Å². The molecule has 1 fully saturated rings. The van der Waals surface area contributed by atoms with E-state index in [-0.39, 0.29) is 1.43 Å². The van der Waals surface area contributed by atoms with E-state index < -0.39 is 0 Å². The van der Waals surface area contributed by atoms with E-state index in [2.05, 4.69) is 33.0 Å². The second-order valence-electron chi connectivity index (χ2n) is 3.21. The van der Waals surface area contributed by atoms with Crippen LogP contribution in [0.1, 0.15) is 35.5 Å². The summed E-state index contributed by atoms with van der Waals surface area (Å²) >= 11 is 0. The van der Waals surface area contributed by atoms with Crippen LogP contribution in [-0.2, 0) is 4.74 Å². The minimum atomic E-state index is 0. The summed E-state index contributed by atoms with van der Waals surface area (Å²) in [6.45, 7) is 10.2. The van der Waals surface area contributed by atoms with E-state index in [1.165, 1.54) is 6.42 Å². The van der Waals surface area contributed by atoms with Crippen molar-refractivity contribution in [2.45, 2.75) is 46.2 Å². The van der Waals surface area contributed by atoms with E-state index in [1.54, 1.807) is 0 Å². The van der Waals surface area contributed by atoms with Crippen LogP contribution in [0.3, 0.4) is 0 Å². The van der Waals surface area contributed by atoms with Gasteiger partial charge in [0.25, 0.3) is 0 Å². The van der Waals surface area contributed by atoms with Crippen molar-refractivity contribution in [3.8, 4) is 0 Å². The Morgan fingerprint density at radius 1 is 1.27 bits per heavy atom. The standard InChI is InChI=1S/C6H13NO.C3H8.H2/c1-5-3-8-4-6(2)7-5;1-3-2;/h5-7H,3-4H2,1-2H3;3H2,1-2H3;1H/t5-,6+;;. The van der Waals surface area contributed by atoms with Crippen LogP contribution in [0.5, 0.6) is 0 Å². The first-order chi connectivity index (χ1) is 5.20. The van der Waals surface area contributed by atoms with Crippen molar-refractivity contribution in [2.75, 3.05) is 13.2 Å². The van der Waals surface area contributed by atoms with Gasteiger partial charge in [-0.15, -0.1) is 0 Å². The molecule has 2 nitrogen and oxygen atoms in total. The molecule has 70 valence electrons. The maximum absolute atomic E-state index is 5.23. The fourth-order valence-electron chi connectivity index (χ4n) is 1.00. The lowest BCUT2D eigenvalue weighted by molar-refractivity contribution is 0.0560. The third kappa shape index (κ3) is 6.32. The van der Waals surface area contributed by atoms with E-state index in [9.17, 15) is 0 Å². The van der Waals surface area contributed by atoms with Crippen molar-refractivity contribution in [3.63, 3.8) is 0 Å². The fourth-order valence-corrected chi connectivity index (χ4v) is 1.00. The molecule has 0 aromatic carbocycles. The molecular weight excluding hydrogens is 138 g/mol. The Morgan fingerprint density at radius 3 is 1.82 bits per heavy atom. The van der Waals surface area contributed by atoms with Gasteiger partial charge in [0.05, 0.1) is 13.2 Å². The largest absolute Gasteiger partial charge is 0.378 e. The first kappa shape index (κ1) is 10.9. The number of rotatable bonds is 0. The van der Waals surface area contributed by atoms with Gasteiger partial charge in [0.15, 0.2) is 0 Å². The molecule has 0 saturated carbocycles. The van der Waals surface area contributed by atoms with Crippen molar-refractivity contribution in [2.24, 2.45) is 0 Å². The predicted molar refractivity (Wildman–Crippen MR) is 51.0 cm³/mol. The Hall–Kier alpha value is -0.0800. The zero-order valence-corrected chi connectivity index (χ0v) is 8.18. The quantitative estimate of drug-likeness (QED) is 0.587. The van der Waals surface area contributed by atoms with Crippen molar-refractivity contribution in [3.05, 3.63) is 0 Å². The third-order valence-corrected chi connectivity index (χ3v) is 1.30. The molecule has 0 aromatic rings. The second-order valence-corrected chi connectivity index (χ2v) is 3.21. The van der Waals surface area contributed by atoms with Crippen LogP contribution in [0.4, 0.5) is 0 Å². The molecule has 0 bridgehead atoms. The maximum atomic E-state index is 5.23. The molecule has 0 unspecified atom stereocenters. The Labute approximate surface area is 71.8 Å². The number of ether oxygens (including phenoxy) is 1. The highest BCUT2D eigenvalue weighted by Crippen LogP contribution is 1.96. The Kier molecular flexibility index (Phi) is 6.57. The first-order valence-electron chi connectivity index (χ1n) is 4.54. The highest BCUT2D eigenvalue weighted by Gasteiger charge is 2.12. The van der Waals surface area contributed by atoms with Gasteiger partial charge in [0, 0.05) is 13.5 Å². The highest BCUT2D eigenvalue weighted by molar-refractivity contribution is 4.70. The molecule has 1 N–H and O–H groups in total. The molecule has 11 heavy (non-hydrogen) atoms. The van der Waals surface area contributed by atoms with E-state index in [4.69, 9.17) is 4.74 Å². The van der Waals surface area contributed by atoms with Crippen LogP contribution < -0.4 is 5.32 Å². The Morgan fingerprint density at radius 2 is 1.64 bits per heavy atom. The minimum absolute atomic E-state index is 0. The monoisotopic (exact) mass is 161 g/mol. The van der Waals surface area contributed by atoms with Crippen LogP contribution in [0.15, 0.2) is 0 Å². The molecule has 0 amide bonds. The summed E-state index contributed by atoms with van der Waals surface area (Å²) in [5, 5.41) is 3.35. The third-order valence-electron chi connectivity index (χ3n) is 1.30. The molecule has 2 atom stereocenters. The molecule has 0 spiro atoms. The van der Waals surface area contributed by atoms with Gasteiger partial charge in [-0.2, -0.15) is 0 Å². The van der Waals surface area contributed by atoms with Gasteiger partial charge < -0.3 is 10.1 Å². The van der Waals surface area contributed by atoms with Crippen LogP contribution in [-0.4, -0.2) is 25.3 Å². The lowest BCUT2D eigenvalue weighted by atomic mass is 10.2. The van der Waals surface area contributed by atoms with Crippen molar-refractivity contribution in [1.82, 2.24) is 5.32 Å². The predicted octanol–water partition coefficient (Wildman–Crippen LogP) is 2.05. The number of nitrogens with one attached hydrogen (secondary N) is 1. The number of morpholine rings is 1. The van der Waals surface area contributed by atoms with Crippen LogP contribution in [0.25, 0.3) is 0 Å². The molecule has 2 heteroatoms. The zero-order valence-electron chi connectivity index (χ0n) is 8.18. The second kappa shape index (κ2) is 6.62. The lowest BCUT2D eigenvalue weighted by Crippen LogP contribution is -2.45. The summed E-state index contributed by atoms with van der Waals surface area (Å²) in [5.41, 5.74) is 0. The summed E-state index contributed by atoms with van der Waals surface area (Å²) in [6, 6.07) is 1.08. The molecule has 1 saturated heterocycles. The van der Waals surface area contributed by atoms with Crippen molar-refractivity contribution >= 4 is 0 Å². The highest BCUT2D eigenvalue weighted by atomic mass is 16.5. The molecule has 1 rings (SSSR count). The zero-order chi connectivity index (χ0) is 8.69. The molecule has 0 aromatic heterocycles. The summed E-state index contributed by atoms with van der Waals surface area (Å²) in [5.74, 6) is 0. The molecule has 1 heterocycles. The average molecular weight is 161 g/mol. The fraction of sp³-hybridized carbons (Fsp3) is 1.00. The molecule has 0 aliphatic carbocycles. The van der Waals surface area contributed by atoms with E-state index in [0.717, 1.165) is 13.2 Å². The van der Waals surface area contributed by atoms with Crippen LogP contribution >= 0.6 is 0 Å². The molecular formula is C9H23NO. The van der Waals surface area contributed by atoms with Gasteiger partial charge in [-0.3, -0.25) is 0 Å². The van der Waals surface area contributed by atoms with Crippen molar-refractivity contribution in [1.29, 1.82) is 0 Å². The van der Waals surface area contributed by atoms with Crippen molar-refractivity contribution < 1.29 is 6.16 Å². The summed E-state index contributed by atoms with van der Waals surface area (Å²) in [7, 11) is 0. The minimum Gasteiger partial charge on any atom is -0.378 e. The average Bonchev–Trinajstić information content (AvgIpc) is 1.88. The smallest absolute Gasteiger partial charge is 0.0617 e. The Balaban J connectivity index is 0. The lowest BCUT2D eigenvalue weighted by Gasteiger charge is -2.25. The van der Waals surface area contributed by atoms with E-state index >= 15 is 0 Å². The summed E-state index contributed by atoms with van der Waals surface area (Å²) in [4.78, 5) is 0. The summed E-state index contributed by atoms with van der Waals surface area (Å²) < 4.78 is 5.23. The van der Waals surface area contributed by atoms with Gasteiger partial charge >= 0.3 is 0 Å². The maximum Gasteiger partial charge on any atom is 0.0617 e. The van der Waals surface area contributed by atoms with Crippen LogP contribution in [0.2, 0.25) is 0 Å². The van der Waals surface area contributed by atoms with Crippen LogP contribution in [0, 0.1) is 0 Å². The van der Waals surface area contributed by atoms with Gasteiger partial charge in [-0.1, -0.05) is 20.3 Å². The summed E-state index contributed by atoms with van der Waals surface area (Å²) in [6.07, 6.45) is 1.25. The molecule has 1 aliphatic heterocycles. The van der Waals surface area contributed by atoms with Gasteiger partial charge in [0.1, 0.15) is 0 Å². The SMILES string of the molecule is CCC.C[C@@H]1COC[C@H](C)N1.[HH]. The first-order valence-corrected chi connectivity index (χ1v) is 4.54. The van der Waals surface area contributed by atoms with Gasteiger partial charge in [-0.25, -0.2) is 0 Å². The molecule has 1 aliphatic rings. The topological polar surface area (TPSA) is 21.3 Å². The van der Waals surface area contributed by atoms with Gasteiger partial charge in [0.2, 0.25) is 0 Å². The number of hydrogen-bond acceptors (Lipinski definition) is 2.